The van der Waals surface area contributed by atoms with Crippen molar-refractivity contribution >= 4 is 5.97 Å². The van der Waals surface area contributed by atoms with Crippen LogP contribution >= 0.6 is 0 Å². The molecule has 0 aliphatic rings. The molecule has 0 radical (unpaired) electrons. The van der Waals surface area contributed by atoms with Crippen molar-refractivity contribution in [1.82, 2.24) is 15.0 Å². The van der Waals surface area contributed by atoms with Gasteiger partial charge in [-0.05, 0) is 24.6 Å². The van der Waals surface area contributed by atoms with E-state index in [2.05, 4.69) is 15.0 Å². The van der Waals surface area contributed by atoms with Crippen LogP contribution in [0.3, 0.4) is 0 Å². The van der Waals surface area contributed by atoms with Crippen molar-refractivity contribution < 1.29 is 18.8 Å². The number of esters is 1. The van der Waals surface area contributed by atoms with E-state index in [1.165, 1.54) is 7.11 Å². The van der Waals surface area contributed by atoms with Gasteiger partial charge in [0.15, 0.2) is 0 Å². The highest BCUT2D eigenvalue weighted by Crippen LogP contribution is 2.27. The Bertz CT molecular complexity index is 942. The Labute approximate surface area is 176 Å². The molecule has 0 amide bonds. The van der Waals surface area contributed by atoms with Crippen molar-refractivity contribution in [2.45, 2.75) is 26.9 Å². The van der Waals surface area contributed by atoms with Crippen molar-refractivity contribution in [2.24, 2.45) is 5.92 Å². The second-order valence-electron chi connectivity index (χ2n) is 7.02. The molecule has 0 saturated heterocycles. The van der Waals surface area contributed by atoms with Gasteiger partial charge >= 0.3 is 5.97 Å². The summed E-state index contributed by atoms with van der Waals surface area (Å²) in [5.74, 6) is 1.15. The minimum Gasteiger partial charge on any atom is -0.493 e. The van der Waals surface area contributed by atoms with Crippen molar-refractivity contribution in [1.29, 1.82) is 0 Å². The average molecular weight is 409 g/mol. The van der Waals surface area contributed by atoms with Gasteiger partial charge in [0.25, 0.3) is 0 Å². The Hall–Kier alpha value is -3.19. The van der Waals surface area contributed by atoms with Crippen LogP contribution in [0.4, 0.5) is 0 Å². The summed E-state index contributed by atoms with van der Waals surface area (Å²) in [5.41, 5.74) is 1.92. The highest BCUT2D eigenvalue weighted by Gasteiger charge is 2.21. The number of hydrogen-bond acceptors (Lipinski definition) is 7. The van der Waals surface area contributed by atoms with Crippen LogP contribution in [-0.2, 0) is 22.6 Å². The molecule has 0 fully saturated rings. The van der Waals surface area contributed by atoms with Crippen LogP contribution in [-0.4, -0.2) is 41.3 Å². The van der Waals surface area contributed by atoms with Gasteiger partial charge in [0.2, 0.25) is 11.7 Å². The van der Waals surface area contributed by atoms with Gasteiger partial charge in [-0.2, -0.15) is 4.98 Å². The number of methoxy groups -OCH3 is 1. The number of carbonyl (C=O) groups is 1. The number of aromatic nitrogens is 2. The molecular formula is C23H27N3O4. The van der Waals surface area contributed by atoms with Gasteiger partial charge in [0, 0.05) is 13.1 Å². The molecule has 7 nitrogen and oxygen atoms in total. The number of rotatable bonds is 10. The topological polar surface area (TPSA) is 77.7 Å². The largest absolute Gasteiger partial charge is 0.493 e. The molecule has 1 unspecified atom stereocenters. The molecule has 0 aliphatic heterocycles. The Morgan fingerprint density at radius 1 is 1.10 bits per heavy atom. The van der Waals surface area contributed by atoms with E-state index in [1.807, 2.05) is 68.4 Å². The molecule has 1 atom stereocenters. The maximum absolute atomic E-state index is 11.9. The molecule has 30 heavy (non-hydrogen) atoms. The molecule has 0 spiro atoms. The van der Waals surface area contributed by atoms with E-state index in [0.29, 0.717) is 43.7 Å². The first-order valence-electron chi connectivity index (χ1n) is 9.99. The predicted molar refractivity (Wildman–Crippen MR) is 113 cm³/mol. The third-order valence-electron chi connectivity index (χ3n) is 4.64. The van der Waals surface area contributed by atoms with Gasteiger partial charge in [-0.3, -0.25) is 9.69 Å². The van der Waals surface area contributed by atoms with Crippen LogP contribution in [0.1, 0.15) is 25.3 Å². The third-order valence-corrected chi connectivity index (χ3v) is 4.64. The lowest BCUT2D eigenvalue weighted by molar-refractivity contribution is -0.145. The normalized spacial score (nSPS) is 12.0. The van der Waals surface area contributed by atoms with Gasteiger partial charge in [-0.25, -0.2) is 0 Å². The van der Waals surface area contributed by atoms with Crippen LogP contribution in [0.25, 0.3) is 11.4 Å². The first-order valence-corrected chi connectivity index (χ1v) is 9.99. The number of para-hydroxylation sites is 1. The van der Waals surface area contributed by atoms with Crippen molar-refractivity contribution in [3.63, 3.8) is 0 Å². The molecule has 0 bridgehead atoms. The van der Waals surface area contributed by atoms with E-state index in [4.69, 9.17) is 14.0 Å². The summed E-state index contributed by atoms with van der Waals surface area (Å²) in [6, 6.07) is 17.7. The zero-order chi connectivity index (χ0) is 21.3. The minimum absolute atomic E-state index is 0.245. The fourth-order valence-electron chi connectivity index (χ4n) is 3.24. The van der Waals surface area contributed by atoms with E-state index in [0.717, 1.165) is 11.1 Å². The Balaban J connectivity index is 1.78. The monoisotopic (exact) mass is 409 g/mol. The minimum atomic E-state index is -0.278. The lowest BCUT2D eigenvalue weighted by atomic mass is 10.1. The Morgan fingerprint density at radius 3 is 2.57 bits per heavy atom. The third kappa shape index (κ3) is 5.67. The molecular weight excluding hydrogens is 382 g/mol. The van der Waals surface area contributed by atoms with E-state index in [9.17, 15) is 4.79 Å². The van der Waals surface area contributed by atoms with Gasteiger partial charge in [-0.1, -0.05) is 54.5 Å². The van der Waals surface area contributed by atoms with E-state index in [1.54, 1.807) is 0 Å². The smallest absolute Gasteiger partial charge is 0.309 e. The molecule has 1 aromatic heterocycles. The summed E-state index contributed by atoms with van der Waals surface area (Å²) in [5, 5.41) is 4.14. The zero-order valence-corrected chi connectivity index (χ0v) is 17.6. The van der Waals surface area contributed by atoms with Crippen LogP contribution in [0.15, 0.2) is 59.1 Å². The number of ether oxygens (including phenoxy) is 2. The lowest BCUT2D eigenvalue weighted by Gasteiger charge is -2.23. The van der Waals surface area contributed by atoms with Gasteiger partial charge in [-0.15, -0.1) is 0 Å². The molecule has 1 heterocycles. The second-order valence-corrected chi connectivity index (χ2v) is 7.02. The van der Waals surface area contributed by atoms with Gasteiger partial charge < -0.3 is 14.0 Å². The van der Waals surface area contributed by atoms with Crippen molar-refractivity contribution in [3.8, 4) is 17.1 Å². The van der Waals surface area contributed by atoms with Crippen LogP contribution in [0, 0.1) is 5.92 Å². The Kier molecular flexibility index (Phi) is 7.57. The average Bonchev–Trinajstić information content (AvgIpc) is 3.22. The molecule has 0 saturated carbocycles. The Morgan fingerprint density at radius 2 is 1.83 bits per heavy atom. The summed E-state index contributed by atoms with van der Waals surface area (Å²) in [6.07, 6.45) is 0. The molecule has 0 aliphatic carbocycles. The predicted octanol–water partition coefficient (Wildman–Crippen LogP) is 3.95. The van der Waals surface area contributed by atoms with E-state index >= 15 is 0 Å². The highest BCUT2D eigenvalue weighted by molar-refractivity contribution is 5.72. The van der Waals surface area contributed by atoms with Gasteiger partial charge in [0.05, 0.1) is 31.7 Å². The second kappa shape index (κ2) is 10.5. The summed E-state index contributed by atoms with van der Waals surface area (Å²) >= 11 is 0. The summed E-state index contributed by atoms with van der Waals surface area (Å²) in [7, 11) is 1.40. The number of nitrogens with zero attached hydrogens (tertiary/aromatic N) is 3. The molecule has 7 heteroatoms. The first kappa shape index (κ1) is 21.5. The molecule has 0 N–H and O–H groups in total. The van der Waals surface area contributed by atoms with Crippen LogP contribution < -0.4 is 4.74 Å². The molecule has 2 aromatic carbocycles. The van der Waals surface area contributed by atoms with Crippen LogP contribution in [0.5, 0.6) is 5.75 Å². The summed E-state index contributed by atoms with van der Waals surface area (Å²) < 4.78 is 16.1. The zero-order valence-electron chi connectivity index (χ0n) is 17.6. The first-order chi connectivity index (χ1) is 14.6. The summed E-state index contributed by atoms with van der Waals surface area (Å²) in [6.45, 7) is 5.91. The standard InChI is InChI=1S/C23H27N3O4/c1-4-29-20-13-9-8-12-19(20)22-24-21(30-25-22)16-26(14-17(2)23(27)28-3)15-18-10-6-5-7-11-18/h5-13,17H,4,14-16H2,1-3H3. The number of carbonyl (C=O) groups excluding carboxylic acids is 1. The number of hydrogen-bond donors (Lipinski definition) is 0. The molecule has 158 valence electrons. The summed E-state index contributed by atoms with van der Waals surface area (Å²) in [4.78, 5) is 18.6. The highest BCUT2D eigenvalue weighted by atomic mass is 16.5. The lowest BCUT2D eigenvalue weighted by Crippen LogP contribution is -2.32. The van der Waals surface area contributed by atoms with Crippen LogP contribution in [0.2, 0.25) is 0 Å². The van der Waals surface area contributed by atoms with E-state index in [-0.39, 0.29) is 11.9 Å². The SMILES string of the molecule is CCOc1ccccc1-c1noc(CN(Cc2ccccc2)CC(C)C(=O)OC)n1. The molecule has 3 rings (SSSR count). The van der Waals surface area contributed by atoms with Gasteiger partial charge in [0.1, 0.15) is 5.75 Å². The van der Waals surface area contributed by atoms with Crippen molar-refractivity contribution in [2.75, 3.05) is 20.3 Å². The fraction of sp³-hybridized carbons (Fsp3) is 0.348. The van der Waals surface area contributed by atoms with Crippen molar-refractivity contribution in [3.05, 3.63) is 66.1 Å². The number of benzene rings is 2. The molecule has 3 aromatic rings. The van der Waals surface area contributed by atoms with E-state index < -0.39 is 0 Å². The fourth-order valence-corrected chi connectivity index (χ4v) is 3.24. The maximum atomic E-state index is 11.9. The maximum Gasteiger partial charge on any atom is 0.309 e. The quantitative estimate of drug-likeness (QED) is 0.469.